The van der Waals surface area contributed by atoms with E-state index < -0.39 is 5.97 Å². The second-order valence-electron chi connectivity index (χ2n) is 10.9. The first kappa shape index (κ1) is 27.9. The zero-order valence-electron chi connectivity index (χ0n) is 24.3. The van der Waals surface area contributed by atoms with Crippen molar-refractivity contribution in [2.45, 2.75) is 52.8 Å². The van der Waals surface area contributed by atoms with Gasteiger partial charge in [-0.05, 0) is 79.6 Å². The summed E-state index contributed by atoms with van der Waals surface area (Å²) in [6, 6.07) is 16.6. The average molecular weight is 569 g/mol. The van der Waals surface area contributed by atoms with Gasteiger partial charge in [0.2, 0.25) is 5.88 Å². The van der Waals surface area contributed by atoms with Gasteiger partial charge in [0.25, 0.3) is 0 Å². The van der Waals surface area contributed by atoms with Gasteiger partial charge >= 0.3 is 5.97 Å². The molecule has 4 heterocycles. The summed E-state index contributed by atoms with van der Waals surface area (Å²) >= 11 is 0. The van der Waals surface area contributed by atoms with Crippen molar-refractivity contribution in [3.8, 4) is 28.7 Å². The number of para-hydroxylation sites is 1. The lowest BCUT2D eigenvalue weighted by Crippen LogP contribution is -2.39. The quantitative estimate of drug-likeness (QED) is 0.288. The Morgan fingerprint density at radius 3 is 2.76 bits per heavy atom. The van der Waals surface area contributed by atoms with Crippen LogP contribution in [0.15, 0.2) is 54.7 Å². The first-order chi connectivity index (χ1) is 20.4. The number of carbonyl (C=O) groups is 1. The molecule has 0 bridgehead atoms. The summed E-state index contributed by atoms with van der Waals surface area (Å²) in [5.74, 6) is 0.271. The molecule has 9 heteroatoms. The number of nitrogens with zero attached hydrogens (tertiary/aromatic N) is 4. The van der Waals surface area contributed by atoms with Crippen molar-refractivity contribution in [3.63, 3.8) is 0 Å². The Kier molecular flexibility index (Phi) is 7.95. The number of hydrogen-bond donors (Lipinski definition) is 1. The van der Waals surface area contributed by atoms with E-state index in [1.807, 2.05) is 37.3 Å². The fourth-order valence-electron chi connectivity index (χ4n) is 5.99. The van der Waals surface area contributed by atoms with Gasteiger partial charge in [0.15, 0.2) is 5.82 Å². The maximum atomic E-state index is 11.7. The molecule has 42 heavy (non-hydrogen) atoms. The van der Waals surface area contributed by atoms with Gasteiger partial charge < -0.3 is 19.3 Å². The maximum absolute atomic E-state index is 11.7. The predicted octanol–water partition coefficient (Wildman–Crippen LogP) is 5.37. The third kappa shape index (κ3) is 5.49. The van der Waals surface area contributed by atoms with Crippen LogP contribution in [0, 0.1) is 13.8 Å². The molecule has 0 aliphatic carbocycles. The molecule has 1 atom stereocenters. The zero-order valence-corrected chi connectivity index (χ0v) is 24.3. The second kappa shape index (κ2) is 12.0. The molecule has 0 spiro atoms. The van der Waals surface area contributed by atoms with E-state index >= 15 is 0 Å². The third-order valence-corrected chi connectivity index (χ3v) is 8.14. The minimum Gasteiger partial charge on any atom is -0.488 e. The molecule has 1 saturated heterocycles. The van der Waals surface area contributed by atoms with Crippen LogP contribution in [0.4, 0.5) is 0 Å². The fourth-order valence-corrected chi connectivity index (χ4v) is 5.99. The third-order valence-electron chi connectivity index (χ3n) is 8.14. The molecule has 9 nitrogen and oxygen atoms in total. The van der Waals surface area contributed by atoms with E-state index in [2.05, 4.69) is 29.1 Å². The number of aryl methyl sites for hydroxylation is 2. The Balaban J connectivity index is 1.25. The van der Waals surface area contributed by atoms with Crippen molar-refractivity contribution >= 4 is 5.97 Å². The summed E-state index contributed by atoms with van der Waals surface area (Å²) in [4.78, 5) is 19.1. The molecule has 218 valence electrons. The number of aromatic carboxylic acids is 1. The molecule has 2 aromatic heterocycles. The van der Waals surface area contributed by atoms with E-state index in [9.17, 15) is 9.90 Å². The summed E-state index contributed by atoms with van der Waals surface area (Å²) in [5.41, 5.74) is 7.84. The summed E-state index contributed by atoms with van der Waals surface area (Å²) in [5, 5.41) is 13.8. The van der Waals surface area contributed by atoms with E-state index in [1.54, 1.807) is 13.0 Å². The Morgan fingerprint density at radius 2 is 1.98 bits per heavy atom. The lowest BCUT2D eigenvalue weighted by Gasteiger charge is -2.34. The minimum absolute atomic E-state index is 0.00997. The number of fused-ring (bicyclic) bond motifs is 1. The van der Waals surface area contributed by atoms with Crippen molar-refractivity contribution in [1.29, 1.82) is 0 Å². The average Bonchev–Trinajstić information content (AvgIpc) is 3.68. The van der Waals surface area contributed by atoms with Gasteiger partial charge in [-0.15, -0.1) is 0 Å². The lowest BCUT2D eigenvalue weighted by molar-refractivity contribution is 0.0692. The largest absolute Gasteiger partial charge is 0.488 e. The van der Waals surface area contributed by atoms with Crippen LogP contribution in [0.1, 0.15) is 51.5 Å². The highest BCUT2D eigenvalue weighted by molar-refractivity contribution is 5.90. The molecule has 6 rings (SSSR count). The fraction of sp³-hybridized carbons (Fsp3) is 0.364. The number of carboxylic acids is 1. The number of rotatable bonds is 9. The molecule has 1 N–H and O–H groups in total. The van der Waals surface area contributed by atoms with Crippen molar-refractivity contribution in [2.75, 3.05) is 26.4 Å². The van der Waals surface area contributed by atoms with E-state index in [1.165, 1.54) is 27.6 Å². The van der Waals surface area contributed by atoms with Crippen molar-refractivity contribution < 1.29 is 24.1 Å². The smallest absolute Gasteiger partial charge is 0.342 e. The molecule has 0 saturated carbocycles. The minimum atomic E-state index is -1.10. The number of aromatic nitrogens is 3. The highest BCUT2D eigenvalue weighted by Gasteiger charge is 2.28. The molecule has 2 aliphatic heterocycles. The summed E-state index contributed by atoms with van der Waals surface area (Å²) < 4.78 is 19.2. The van der Waals surface area contributed by atoms with Crippen LogP contribution in [-0.4, -0.2) is 63.1 Å². The molecule has 2 aromatic carbocycles. The Hall–Kier alpha value is -4.21. The van der Waals surface area contributed by atoms with Crippen LogP contribution in [0.2, 0.25) is 0 Å². The first-order valence-corrected chi connectivity index (χ1v) is 14.5. The molecular formula is C33H36N4O5. The van der Waals surface area contributed by atoms with Crippen LogP contribution in [-0.2, 0) is 24.3 Å². The van der Waals surface area contributed by atoms with Gasteiger partial charge in [0.1, 0.15) is 17.9 Å². The first-order valence-electron chi connectivity index (χ1n) is 14.5. The van der Waals surface area contributed by atoms with E-state index in [0.717, 1.165) is 61.6 Å². The van der Waals surface area contributed by atoms with Gasteiger partial charge in [-0.1, -0.05) is 30.3 Å². The topological polar surface area (TPSA) is 98.9 Å². The van der Waals surface area contributed by atoms with Crippen molar-refractivity contribution in [3.05, 3.63) is 88.1 Å². The Bertz CT molecular complexity index is 1610. The summed E-state index contributed by atoms with van der Waals surface area (Å²) in [6.45, 7) is 10.5. The van der Waals surface area contributed by atoms with Crippen molar-refractivity contribution in [2.24, 2.45) is 0 Å². The number of hydrogen-bond acceptors (Lipinski definition) is 7. The van der Waals surface area contributed by atoms with Crippen LogP contribution in [0.25, 0.3) is 17.1 Å². The molecule has 0 amide bonds. The van der Waals surface area contributed by atoms with Crippen LogP contribution >= 0.6 is 0 Å². The van der Waals surface area contributed by atoms with E-state index in [4.69, 9.17) is 19.2 Å². The van der Waals surface area contributed by atoms with Crippen LogP contribution in [0.3, 0.4) is 0 Å². The number of pyridine rings is 1. The molecular weight excluding hydrogens is 532 g/mol. The highest BCUT2D eigenvalue weighted by Crippen LogP contribution is 2.34. The SMILES string of the molecule is CCOc1c(C(=O)O)cnn1-c1cccc(-c2cccc(C)c2OCc2cc(C)c3c(c2)CCN(C2CCOC2)C3)n1. The number of carboxylic acid groups (broad SMARTS) is 1. The molecule has 0 radical (unpaired) electrons. The van der Waals surface area contributed by atoms with Crippen LogP contribution < -0.4 is 9.47 Å². The summed E-state index contributed by atoms with van der Waals surface area (Å²) in [7, 11) is 0. The highest BCUT2D eigenvalue weighted by atomic mass is 16.5. The zero-order chi connectivity index (χ0) is 29.2. The maximum Gasteiger partial charge on any atom is 0.342 e. The normalized spacial score (nSPS) is 16.8. The summed E-state index contributed by atoms with van der Waals surface area (Å²) in [6.07, 6.45) is 3.44. The monoisotopic (exact) mass is 568 g/mol. The Morgan fingerprint density at radius 1 is 1.12 bits per heavy atom. The van der Waals surface area contributed by atoms with Gasteiger partial charge in [-0.3, -0.25) is 4.90 Å². The molecule has 4 aromatic rings. The number of benzene rings is 2. The molecule has 2 aliphatic rings. The van der Waals surface area contributed by atoms with Gasteiger partial charge in [-0.2, -0.15) is 9.78 Å². The molecule has 1 fully saturated rings. The number of ether oxygens (including phenoxy) is 3. The van der Waals surface area contributed by atoms with E-state index in [0.29, 0.717) is 30.8 Å². The Labute approximate surface area is 245 Å². The lowest BCUT2D eigenvalue weighted by atomic mass is 9.92. The van der Waals surface area contributed by atoms with Gasteiger partial charge in [0, 0.05) is 31.3 Å². The van der Waals surface area contributed by atoms with Crippen molar-refractivity contribution in [1.82, 2.24) is 19.7 Å². The van der Waals surface area contributed by atoms with Gasteiger partial charge in [-0.25, -0.2) is 9.78 Å². The van der Waals surface area contributed by atoms with Gasteiger partial charge in [0.05, 0.1) is 25.1 Å². The second-order valence-corrected chi connectivity index (χ2v) is 10.9. The standard InChI is InChI=1S/C33H36N4O5/c1-4-41-32-27(33(38)39)17-34-37(32)30-10-6-9-29(35-30)26-8-5-7-21(2)31(26)42-19-23-15-22(3)28-18-36(13-11-24(28)16-23)25-12-14-40-20-25/h5-10,15-17,25H,4,11-14,18-20H2,1-3H3,(H,38,39). The van der Waals surface area contributed by atoms with Crippen LogP contribution in [0.5, 0.6) is 11.6 Å². The predicted molar refractivity (Wildman–Crippen MR) is 159 cm³/mol. The van der Waals surface area contributed by atoms with E-state index in [-0.39, 0.29) is 11.4 Å². The molecule has 1 unspecified atom stereocenters.